The minimum absolute atomic E-state index is 0.0336. The summed E-state index contributed by atoms with van der Waals surface area (Å²) < 4.78 is 31.9. The highest BCUT2D eigenvalue weighted by atomic mass is 32.2. The van der Waals surface area contributed by atoms with Gasteiger partial charge in [0.05, 0.1) is 18.1 Å². The molecule has 0 radical (unpaired) electrons. The topological polar surface area (TPSA) is 104 Å². The number of sulfonamides is 1. The van der Waals surface area contributed by atoms with Crippen LogP contribution in [-0.4, -0.2) is 73.5 Å². The standard InChI is InChI=1S/C16H20N2O6S/c19-15(18-6-2-5-14(18)16(20)21)12-3-1-4-13(11-12)25(22,23)17-7-9-24-10-8-17/h1,3-4,11,14H,2,5-10H2,(H,20,21). The highest BCUT2D eigenvalue weighted by molar-refractivity contribution is 7.89. The van der Waals surface area contributed by atoms with Gasteiger partial charge in [-0.1, -0.05) is 6.07 Å². The van der Waals surface area contributed by atoms with E-state index in [0.29, 0.717) is 32.6 Å². The second-order valence-electron chi connectivity index (χ2n) is 6.04. The fourth-order valence-electron chi connectivity index (χ4n) is 3.16. The Labute approximate surface area is 146 Å². The van der Waals surface area contributed by atoms with Crippen molar-refractivity contribution < 1.29 is 27.9 Å². The van der Waals surface area contributed by atoms with Crippen molar-refractivity contribution in [1.29, 1.82) is 0 Å². The Morgan fingerprint density at radius 2 is 1.88 bits per heavy atom. The predicted octanol–water partition coefficient (Wildman–Crippen LogP) is 0.397. The Morgan fingerprint density at radius 1 is 1.16 bits per heavy atom. The van der Waals surface area contributed by atoms with Gasteiger partial charge >= 0.3 is 5.97 Å². The molecular formula is C16H20N2O6S. The van der Waals surface area contributed by atoms with Crippen LogP contribution >= 0.6 is 0 Å². The van der Waals surface area contributed by atoms with Gasteiger partial charge < -0.3 is 14.7 Å². The van der Waals surface area contributed by atoms with E-state index in [1.54, 1.807) is 0 Å². The van der Waals surface area contributed by atoms with E-state index in [1.165, 1.54) is 33.5 Å². The van der Waals surface area contributed by atoms with Crippen molar-refractivity contribution in [3.63, 3.8) is 0 Å². The number of morpholine rings is 1. The molecule has 136 valence electrons. The summed E-state index contributed by atoms with van der Waals surface area (Å²) in [5.74, 6) is -1.49. The second-order valence-corrected chi connectivity index (χ2v) is 7.98. The van der Waals surface area contributed by atoms with Crippen molar-refractivity contribution in [2.45, 2.75) is 23.8 Å². The van der Waals surface area contributed by atoms with Crippen molar-refractivity contribution >= 4 is 21.9 Å². The predicted molar refractivity (Wildman–Crippen MR) is 87.7 cm³/mol. The van der Waals surface area contributed by atoms with Crippen molar-refractivity contribution in [1.82, 2.24) is 9.21 Å². The number of benzene rings is 1. The van der Waals surface area contributed by atoms with Crippen LogP contribution in [0.4, 0.5) is 0 Å². The molecule has 8 nitrogen and oxygen atoms in total. The van der Waals surface area contributed by atoms with E-state index in [1.807, 2.05) is 0 Å². The van der Waals surface area contributed by atoms with Crippen LogP contribution in [-0.2, 0) is 19.6 Å². The summed E-state index contributed by atoms with van der Waals surface area (Å²) >= 11 is 0. The van der Waals surface area contributed by atoms with Gasteiger partial charge in [0, 0.05) is 25.2 Å². The zero-order chi connectivity index (χ0) is 18.0. The third-order valence-corrected chi connectivity index (χ3v) is 6.38. The summed E-state index contributed by atoms with van der Waals surface area (Å²) in [6.07, 6.45) is 1.03. The smallest absolute Gasteiger partial charge is 0.326 e. The maximum atomic E-state index is 12.7. The molecule has 2 aliphatic rings. The minimum Gasteiger partial charge on any atom is -0.480 e. The fourth-order valence-corrected chi connectivity index (χ4v) is 4.61. The normalized spacial score (nSPS) is 22.1. The lowest BCUT2D eigenvalue weighted by molar-refractivity contribution is -0.141. The average Bonchev–Trinajstić information content (AvgIpc) is 3.12. The van der Waals surface area contributed by atoms with Crippen molar-refractivity contribution in [3.8, 4) is 0 Å². The fraction of sp³-hybridized carbons (Fsp3) is 0.500. The Bertz CT molecular complexity index is 773. The van der Waals surface area contributed by atoms with E-state index < -0.39 is 27.9 Å². The molecule has 0 bridgehead atoms. The lowest BCUT2D eigenvalue weighted by Gasteiger charge is -2.26. The quantitative estimate of drug-likeness (QED) is 0.825. The van der Waals surface area contributed by atoms with Gasteiger partial charge in [0.15, 0.2) is 0 Å². The van der Waals surface area contributed by atoms with Gasteiger partial charge in [-0.2, -0.15) is 4.31 Å². The number of ether oxygens (including phenoxy) is 1. The molecule has 2 aliphatic heterocycles. The van der Waals surface area contributed by atoms with E-state index in [0.717, 1.165) is 0 Å². The van der Waals surface area contributed by atoms with Crippen LogP contribution in [0.2, 0.25) is 0 Å². The van der Waals surface area contributed by atoms with Crippen LogP contribution in [0.1, 0.15) is 23.2 Å². The van der Waals surface area contributed by atoms with Gasteiger partial charge in [0.25, 0.3) is 5.91 Å². The van der Waals surface area contributed by atoms with Gasteiger partial charge in [-0.25, -0.2) is 13.2 Å². The summed E-state index contributed by atoms with van der Waals surface area (Å²) in [5.41, 5.74) is 0.183. The van der Waals surface area contributed by atoms with Crippen LogP contribution in [0.25, 0.3) is 0 Å². The van der Waals surface area contributed by atoms with Crippen LogP contribution < -0.4 is 0 Å². The maximum Gasteiger partial charge on any atom is 0.326 e. The molecule has 1 aromatic carbocycles. The molecule has 0 aliphatic carbocycles. The van der Waals surface area contributed by atoms with Crippen molar-refractivity contribution in [2.24, 2.45) is 0 Å². The highest BCUT2D eigenvalue weighted by Gasteiger charge is 2.35. The number of hydrogen-bond donors (Lipinski definition) is 1. The number of rotatable bonds is 4. The Morgan fingerprint density at radius 3 is 2.56 bits per heavy atom. The van der Waals surface area contributed by atoms with Crippen LogP contribution in [0, 0.1) is 0 Å². The molecule has 2 saturated heterocycles. The summed E-state index contributed by atoms with van der Waals surface area (Å²) in [4.78, 5) is 25.3. The van der Waals surface area contributed by atoms with Crippen LogP contribution in [0.15, 0.2) is 29.2 Å². The number of amides is 1. The third kappa shape index (κ3) is 3.53. The third-order valence-electron chi connectivity index (χ3n) is 4.49. The largest absolute Gasteiger partial charge is 0.480 e. The maximum absolute atomic E-state index is 12.7. The summed E-state index contributed by atoms with van der Waals surface area (Å²) in [7, 11) is -3.71. The summed E-state index contributed by atoms with van der Waals surface area (Å²) in [6, 6.07) is 4.93. The van der Waals surface area contributed by atoms with Gasteiger partial charge in [0.1, 0.15) is 6.04 Å². The van der Waals surface area contributed by atoms with Gasteiger partial charge in [0.2, 0.25) is 10.0 Å². The van der Waals surface area contributed by atoms with E-state index in [4.69, 9.17) is 4.74 Å². The van der Waals surface area contributed by atoms with Crippen molar-refractivity contribution in [2.75, 3.05) is 32.8 Å². The lowest BCUT2D eigenvalue weighted by Crippen LogP contribution is -2.41. The zero-order valence-electron chi connectivity index (χ0n) is 13.6. The average molecular weight is 368 g/mol. The monoisotopic (exact) mass is 368 g/mol. The van der Waals surface area contributed by atoms with Gasteiger partial charge in [-0.3, -0.25) is 4.79 Å². The number of aliphatic carboxylic acids is 1. The van der Waals surface area contributed by atoms with Gasteiger partial charge in [-0.05, 0) is 31.0 Å². The molecule has 2 heterocycles. The van der Waals surface area contributed by atoms with Crippen LogP contribution in [0.5, 0.6) is 0 Å². The van der Waals surface area contributed by atoms with E-state index in [9.17, 15) is 23.1 Å². The molecule has 1 amide bonds. The van der Waals surface area contributed by atoms with E-state index >= 15 is 0 Å². The first-order valence-corrected chi connectivity index (χ1v) is 9.57. The van der Waals surface area contributed by atoms with Crippen molar-refractivity contribution in [3.05, 3.63) is 29.8 Å². The molecule has 2 fully saturated rings. The van der Waals surface area contributed by atoms with Gasteiger partial charge in [-0.15, -0.1) is 0 Å². The molecule has 0 aromatic heterocycles. The molecule has 0 spiro atoms. The molecule has 1 atom stereocenters. The number of carbonyl (C=O) groups is 2. The molecule has 25 heavy (non-hydrogen) atoms. The minimum atomic E-state index is -3.71. The Kier molecular flexibility index (Phi) is 5.07. The van der Waals surface area contributed by atoms with E-state index in [2.05, 4.69) is 0 Å². The zero-order valence-corrected chi connectivity index (χ0v) is 14.4. The molecule has 0 saturated carbocycles. The summed E-state index contributed by atoms with van der Waals surface area (Å²) in [6.45, 7) is 1.58. The molecule has 1 aromatic rings. The Balaban J connectivity index is 1.86. The molecular weight excluding hydrogens is 348 g/mol. The molecule has 3 rings (SSSR count). The number of nitrogens with zero attached hydrogens (tertiary/aromatic N) is 2. The lowest BCUT2D eigenvalue weighted by atomic mass is 10.1. The molecule has 9 heteroatoms. The first kappa shape index (κ1) is 17.8. The van der Waals surface area contributed by atoms with Crippen LogP contribution in [0.3, 0.4) is 0 Å². The molecule has 1 unspecified atom stereocenters. The Hall–Kier alpha value is -1.97. The molecule has 1 N–H and O–H groups in total. The number of hydrogen-bond acceptors (Lipinski definition) is 5. The van der Waals surface area contributed by atoms with E-state index in [-0.39, 0.29) is 23.5 Å². The highest BCUT2D eigenvalue weighted by Crippen LogP contribution is 2.23. The summed E-state index contributed by atoms with van der Waals surface area (Å²) in [5, 5.41) is 9.23. The first-order chi connectivity index (χ1) is 11.9. The number of likely N-dealkylation sites (tertiary alicyclic amines) is 1. The first-order valence-electron chi connectivity index (χ1n) is 8.13. The second kappa shape index (κ2) is 7.11. The number of carbonyl (C=O) groups excluding carboxylic acids is 1. The number of carboxylic acid groups (broad SMARTS) is 1. The number of carboxylic acids is 1. The SMILES string of the molecule is O=C(O)C1CCCN1C(=O)c1cccc(S(=O)(=O)N2CCOCC2)c1.